The summed E-state index contributed by atoms with van der Waals surface area (Å²) in [5, 5.41) is 12.7. The first-order valence-electron chi connectivity index (χ1n) is 12.7. The number of carbonyl (C=O) groups is 6. The van der Waals surface area contributed by atoms with Crippen molar-refractivity contribution >= 4 is 41.5 Å². The summed E-state index contributed by atoms with van der Waals surface area (Å²) in [6.45, 7) is 3.33. The summed E-state index contributed by atoms with van der Waals surface area (Å²) in [7, 11) is 0. The first-order chi connectivity index (χ1) is 18.3. The van der Waals surface area contributed by atoms with E-state index < -0.39 is 53.8 Å². The number of nitrogens with zero attached hydrogens (tertiary/aromatic N) is 3. The number of carboxylic acid groups (broad SMARTS) is 1. The van der Waals surface area contributed by atoms with Crippen molar-refractivity contribution < 1.29 is 33.9 Å². The monoisotopic (exact) mass is 555 g/mol. The van der Waals surface area contributed by atoms with Crippen LogP contribution in [0.5, 0.6) is 0 Å². The molecule has 2 aliphatic heterocycles. The average Bonchev–Trinajstić information content (AvgIpc) is 3.54. The van der Waals surface area contributed by atoms with E-state index in [-0.39, 0.29) is 31.4 Å². The molecule has 0 spiro atoms. The molecule has 11 N–H and O–H groups in total. The maximum Gasteiger partial charge on any atom is 0.300 e. The van der Waals surface area contributed by atoms with Gasteiger partial charge in [0.15, 0.2) is 5.96 Å². The topological polar surface area (TPSA) is 270 Å². The van der Waals surface area contributed by atoms with Gasteiger partial charge in [-0.25, -0.2) is 0 Å². The maximum absolute atomic E-state index is 13.5. The summed E-state index contributed by atoms with van der Waals surface area (Å²) in [6.07, 6.45) is 2.74. The van der Waals surface area contributed by atoms with Gasteiger partial charge in [0.1, 0.15) is 24.2 Å². The molecule has 2 aliphatic rings. The summed E-state index contributed by atoms with van der Waals surface area (Å²) in [5.74, 6) is -3.30. The molecule has 39 heavy (non-hydrogen) atoms. The van der Waals surface area contributed by atoms with E-state index >= 15 is 0 Å². The van der Waals surface area contributed by atoms with Crippen molar-refractivity contribution in [1.82, 2.24) is 20.4 Å². The summed E-state index contributed by atoms with van der Waals surface area (Å²) in [4.78, 5) is 78.4. The second-order valence-electron chi connectivity index (χ2n) is 9.30. The van der Waals surface area contributed by atoms with E-state index in [0.29, 0.717) is 45.2 Å². The van der Waals surface area contributed by atoms with Gasteiger partial charge in [0.05, 0.1) is 6.54 Å². The van der Waals surface area contributed by atoms with Gasteiger partial charge in [-0.05, 0) is 45.4 Å². The van der Waals surface area contributed by atoms with Crippen molar-refractivity contribution in [3.05, 3.63) is 0 Å². The van der Waals surface area contributed by atoms with Crippen LogP contribution in [-0.4, -0.2) is 107 Å². The van der Waals surface area contributed by atoms with E-state index in [2.05, 4.69) is 15.6 Å². The molecule has 0 unspecified atom stereocenters. The Kier molecular flexibility index (Phi) is 13.7. The summed E-state index contributed by atoms with van der Waals surface area (Å²) >= 11 is 0. The molecule has 2 saturated heterocycles. The zero-order chi connectivity index (χ0) is 29.7. The molecular weight excluding hydrogens is 514 g/mol. The number of carbonyl (C=O) groups excluding carboxylic acids is 5. The van der Waals surface area contributed by atoms with Crippen LogP contribution < -0.4 is 33.6 Å². The Hall–Kier alpha value is -3.95. The van der Waals surface area contributed by atoms with Gasteiger partial charge in [-0.3, -0.25) is 33.8 Å². The minimum atomic E-state index is -0.950. The number of hydrogen-bond donors (Lipinski definition) is 7. The number of amides is 5. The number of hydrogen-bond acceptors (Lipinski definition) is 8. The smallest absolute Gasteiger partial charge is 0.300 e. The molecule has 16 nitrogen and oxygen atoms in total. The second kappa shape index (κ2) is 16.1. The Morgan fingerprint density at radius 1 is 0.949 bits per heavy atom. The Morgan fingerprint density at radius 3 is 1.97 bits per heavy atom. The van der Waals surface area contributed by atoms with Gasteiger partial charge in [0.2, 0.25) is 29.5 Å². The minimum absolute atomic E-state index is 0.0846. The van der Waals surface area contributed by atoms with Crippen molar-refractivity contribution in [2.75, 3.05) is 26.2 Å². The average molecular weight is 556 g/mol. The van der Waals surface area contributed by atoms with E-state index in [1.54, 1.807) is 0 Å². The lowest BCUT2D eigenvalue weighted by molar-refractivity contribution is -0.143. The number of aliphatic imine (C=N–C) groups is 1. The summed E-state index contributed by atoms with van der Waals surface area (Å²) in [5.41, 5.74) is 21.4. The van der Waals surface area contributed by atoms with E-state index in [1.807, 2.05) is 0 Å². The zero-order valence-corrected chi connectivity index (χ0v) is 22.4. The number of rotatable bonds is 11. The fourth-order valence-corrected chi connectivity index (χ4v) is 4.37. The number of likely N-dealkylation sites (tertiary alicyclic amines) is 2. The number of guanidine groups is 1. The molecule has 2 fully saturated rings. The molecule has 2 heterocycles. The standard InChI is InChI=1S/C21H37N9O5.C2H4O2/c1-12(17(23)32)27-18(33)15-7-4-10-30(15)20(35)13(5-2-8-26-21(24)25)28-19(34)14-6-3-9-29(14)16(31)11-22;1-2(3)4/h12-15H,2-11,22H2,1H3,(H2,23,32)(H,27,33)(H,28,34)(H4,24,25,26);1H3,(H,3,4)/t12-,13-,14-,15-;/m0./s1. The van der Waals surface area contributed by atoms with Crippen molar-refractivity contribution in [3.8, 4) is 0 Å². The number of carboxylic acids is 1. The van der Waals surface area contributed by atoms with Gasteiger partial charge < -0.3 is 48.5 Å². The Bertz CT molecular complexity index is 935. The van der Waals surface area contributed by atoms with E-state index in [9.17, 15) is 24.0 Å². The summed E-state index contributed by atoms with van der Waals surface area (Å²) < 4.78 is 0. The van der Waals surface area contributed by atoms with E-state index in [0.717, 1.165) is 6.92 Å². The molecule has 5 amide bonds. The van der Waals surface area contributed by atoms with Crippen LogP contribution in [0.15, 0.2) is 4.99 Å². The molecule has 0 aliphatic carbocycles. The quantitative estimate of drug-likeness (QED) is 0.0752. The van der Waals surface area contributed by atoms with Crippen LogP contribution in [0.25, 0.3) is 0 Å². The predicted molar refractivity (Wildman–Crippen MR) is 140 cm³/mol. The first-order valence-corrected chi connectivity index (χ1v) is 12.7. The van der Waals surface area contributed by atoms with Crippen LogP contribution in [0.1, 0.15) is 52.4 Å². The maximum atomic E-state index is 13.5. The third-order valence-corrected chi connectivity index (χ3v) is 6.23. The van der Waals surface area contributed by atoms with Gasteiger partial charge in [-0.1, -0.05) is 0 Å². The Labute approximate surface area is 226 Å². The van der Waals surface area contributed by atoms with Crippen molar-refractivity contribution in [2.45, 2.75) is 76.5 Å². The van der Waals surface area contributed by atoms with Crippen LogP contribution in [0.2, 0.25) is 0 Å². The lowest BCUT2D eigenvalue weighted by Gasteiger charge is -2.31. The Morgan fingerprint density at radius 2 is 1.46 bits per heavy atom. The van der Waals surface area contributed by atoms with E-state index in [1.165, 1.54) is 16.7 Å². The van der Waals surface area contributed by atoms with Crippen LogP contribution in [0.3, 0.4) is 0 Å². The molecule has 0 bridgehead atoms. The lowest BCUT2D eigenvalue weighted by Crippen LogP contribution is -2.57. The molecule has 2 rings (SSSR count). The van der Waals surface area contributed by atoms with Gasteiger partial charge in [0.25, 0.3) is 5.97 Å². The van der Waals surface area contributed by atoms with Crippen LogP contribution in [0, 0.1) is 0 Å². The molecule has 0 radical (unpaired) electrons. The highest BCUT2D eigenvalue weighted by atomic mass is 16.4. The number of aliphatic carboxylic acids is 1. The third-order valence-electron chi connectivity index (χ3n) is 6.23. The molecule has 0 aromatic carbocycles. The largest absolute Gasteiger partial charge is 0.481 e. The summed E-state index contributed by atoms with van der Waals surface area (Å²) in [6, 6.07) is -3.34. The molecule has 4 atom stereocenters. The van der Waals surface area contributed by atoms with Crippen LogP contribution in [-0.2, 0) is 28.8 Å². The SMILES string of the molecule is CC(=O)O.C[C@H](NC(=O)[C@@H]1CCCN1C(=O)[C@H](CCCN=C(N)N)NC(=O)[C@@H]1CCCN1C(=O)CN)C(N)=O. The molecule has 0 aromatic heterocycles. The highest BCUT2D eigenvalue weighted by molar-refractivity contribution is 5.96. The van der Waals surface area contributed by atoms with Crippen molar-refractivity contribution in [2.24, 2.45) is 27.9 Å². The first kappa shape index (κ1) is 33.1. The number of nitrogens with two attached hydrogens (primary N) is 4. The minimum Gasteiger partial charge on any atom is -0.481 e. The molecule has 0 saturated carbocycles. The highest BCUT2D eigenvalue weighted by Gasteiger charge is 2.40. The molecule has 0 aromatic rings. The van der Waals surface area contributed by atoms with Crippen LogP contribution in [0.4, 0.5) is 0 Å². The van der Waals surface area contributed by atoms with Gasteiger partial charge in [-0.2, -0.15) is 0 Å². The molecule has 16 heteroatoms. The lowest BCUT2D eigenvalue weighted by atomic mass is 10.1. The fourth-order valence-electron chi connectivity index (χ4n) is 4.37. The van der Waals surface area contributed by atoms with Gasteiger partial charge in [-0.15, -0.1) is 0 Å². The third kappa shape index (κ3) is 10.7. The predicted octanol–water partition coefficient (Wildman–Crippen LogP) is -3.45. The normalized spacial score (nSPS) is 19.7. The fraction of sp³-hybridized carbons (Fsp3) is 0.696. The van der Waals surface area contributed by atoms with Gasteiger partial charge in [0, 0.05) is 26.6 Å². The van der Waals surface area contributed by atoms with Crippen molar-refractivity contribution in [3.63, 3.8) is 0 Å². The second-order valence-corrected chi connectivity index (χ2v) is 9.30. The van der Waals surface area contributed by atoms with E-state index in [4.69, 9.17) is 32.8 Å². The van der Waals surface area contributed by atoms with Crippen molar-refractivity contribution in [1.29, 1.82) is 0 Å². The number of primary amides is 1. The molecular formula is C23H41N9O7. The zero-order valence-electron chi connectivity index (χ0n) is 22.4. The Balaban J connectivity index is 0.00000177. The highest BCUT2D eigenvalue weighted by Crippen LogP contribution is 2.21. The number of nitrogens with one attached hydrogen (secondary N) is 2. The van der Waals surface area contributed by atoms with Crippen LogP contribution >= 0.6 is 0 Å². The van der Waals surface area contributed by atoms with Gasteiger partial charge >= 0.3 is 0 Å². The molecule has 220 valence electrons.